The van der Waals surface area contributed by atoms with Crippen molar-refractivity contribution in [2.45, 2.75) is 17.6 Å². The SMILES string of the molecule is O=C(NS(=O)(=O)c1ccccc1Cl)[C@@H]1CN(Cc2ccccc2)C[C@@H]1C(F)(F)F. The highest BCUT2D eigenvalue weighted by molar-refractivity contribution is 7.90. The minimum Gasteiger partial charge on any atom is -0.298 e. The predicted molar refractivity (Wildman–Crippen MR) is 102 cm³/mol. The zero-order valence-corrected chi connectivity index (χ0v) is 16.6. The molecular formula is C19H18ClF3N2O3S. The van der Waals surface area contributed by atoms with E-state index >= 15 is 0 Å². The molecule has 1 heterocycles. The van der Waals surface area contributed by atoms with Gasteiger partial charge in [-0.2, -0.15) is 13.2 Å². The number of halogens is 4. The fraction of sp³-hybridized carbons (Fsp3) is 0.316. The Labute approximate surface area is 171 Å². The van der Waals surface area contributed by atoms with Gasteiger partial charge in [0.15, 0.2) is 0 Å². The molecular weight excluding hydrogens is 429 g/mol. The molecule has 1 amide bonds. The first-order chi connectivity index (χ1) is 13.6. The zero-order valence-electron chi connectivity index (χ0n) is 15.1. The molecule has 0 spiro atoms. The highest BCUT2D eigenvalue weighted by Gasteiger charge is 2.52. The van der Waals surface area contributed by atoms with Gasteiger partial charge in [0.2, 0.25) is 5.91 Å². The molecule has 0 bridgehead atoms. The van der Waals surface area contributed by atoms with E-state index in [1.807, 2.05) is 0 Å². The van der Waals surface area contributed by atoms with Gasteiger partial charge in [-0.05, 0) is 17.7 Å². The number of alkyl halides is 3. The van der Waals surface area contributed by atoms with Crippen molar-refractivity contribution in [1.29, 1.82) is 0 Å². The number of hydrogen-bond acceptors (Lipinski definition) is 4. The van der Waals surface area contributed by atoms with Crippen molar-refractivity contribution in [2.75, 3.05) is 13.1 Å². The van der Waals surface area contributed by atoms with Crippen LogP contribution in [0.15, 0.2) is 59.5 Å². The molecule has 0 unspecified atom stereocenters. The van der Waals surface area contributed by atoms with Crippen molar-refractivity contribution >= 4 is 27.5 Å². The molecule has 2 atom stereocenters. The van der Waals surface area contributed by atoms with Gasteiger partial charge in [0.05, 0.1) is 16.9 Å². The third-order valence-corrected chi connectivity index (χ3v) is 6.61. The number of nitrogens with zero attached hydrogens (tertiary/aromatic N) is 1. The monoisotopic (exact) mass is 446 g/mol. The first-order valence-corrected chi connectivity index (χ1v) is 10.6. The Bertz CT molecular complexity index is 984. The largest absolute Gasteiger partial charge is 0.393 e. The zero-order chi connectivity index (χ0) is 21.2. The van der Waals surface area contributed by atoms with E-state index in [1.54, 1.807) is 35.1 Å². The molecule has 0 saturated carbocycles. The van der Waals surface area contributed by atoms with Crippen molar-refractivity contribution in [2.24, 2.45) is 11.8 Å². The Balaban J connectivity index is 1.79. The molecule has 29 heavy (non-hydrogen) atoms. The van der Waals surface area contributed by atoms with Crippen LogP contribution in [0.5, 0.6) is 0 Å². The van der Waals surface area contributed by atoms with Crippen LogP contribution in [0, 0.1) is 11.8 Å². The van der Waals surface area contributed by atoms with Crippen LogP contribution in [-0.2, 0) is 21.4 Å². The van der Waals surface area contributed by atoms with Gasteiger partial charge in [-0.25, -0.2) is 13.1 Å². The van der Waals surface area contributed by atoms with E-state index in [4.69, 9.17) is 11.6 Å². The molecule has 1 aliphatic heterocycles. The molecule has 0 aliphatic carbocycles. The van der Waals surface area contributed by atoms with E-state index in [9.17, 15) is 26.4 Å². The van der Waals surface area contributed by atoms with E-state index in [1.165, 1.54) is 29.2 Å². The summed E-state index contributed by atoms with van der Waals surface area (Å²) in [7, 11) is -4.39. The Hall–Kier alpha value is -2.10. The van der Waals surface area contributed by atoms with Crippen LogP contribution in [0.2, 0.25) is 5.02 Å². The highest BCUT2D eigenvalue weighted by atomic mass is 35.5. The predicted octanol–water partition coefficient (Wildman–Crippen LogP) is 3.46. The molecule has 0 radical (unpaired) electrons. The van der Waals surface area contributed by atoms with Crippen molar-refractivity contribution in [1.82, 2.24) is 9.62 Å². The maximum absolute atomic E-state index is 13.5. The maximum Gasteiger partial charge on any atom is 0.393 e. The molecule has 1 aliphatic rings. The number of hydrogen-bond donors (Lipinski definition) is 1. The Kier molecular flexibility index (Phi) is 6.21. The summed E-state index contributed by atoms with van der Waals surface area (Å²) in [5.74, 6) is -4.70. The maximum atomic E-state index is 13.5. The summed E-state index contributed by atoms with van der Waals surface area (Å²) < 4.78 is 67.2. The fourth-order valence-electron chi connectivity index (χ4n) is 3.38. The molecule has 10 heteroatoms. The van der Waals surface area contributed by atoms with Gasteiger partial charge in [0.1, 0.15) is 4.90 Å². The summed E-state index contributed by atoms with van der Waals surface area (Å²) >= 11 is 5.85. The standard InChI is InChI=1S/C19H18ClF3N2O3S/c20-16-8-4-5-9-17(16)29(27,28)24-18(26)14-11-25(12-15(14)19(21,22)23)10-13-6-2-1-3-7-13/h1-9,14-15H,10-12H2,(H,24,26)/t14-,15+/m1/s1. The van der Waals surface area contributed by atoms with E-state index < -0.39 is 33.9 Å². The summed E-state index contributed by atoms with van der Waals surface area (Å²) in [5.41, 5.74) is 0.804. The first-order valence-electron chi connectivity index (χ1n) is 8.72. The van der Waals surface area contributed by atoms with Gasteiger partial charge in [-0.1, -0.05) is 54.1 Å². The molecule has 5 nitrogen and oxygen atoms in total. The smallest absolute Gasteiger partial charge is 0.298 e. The summed E-state index contributed by atoms with van der Waals surface area (Å²) in [6, 6.07) is 14.3. The average Bonchev–Trinajstić information content (AvgIpc) is 3.07. The third-order valence-electron chi connectivity index (χ3n) is 4.76. The van der Waals surface area contributed by atoms with Gasteiger partial charge < -0.3 is 0 Å². The van der Waals surface area contributed by atoms with Crippen LogP contribution in [0.1, 0.15) is 5.56 Å². The average molecular weight is 447 g/mol. The van der Waals surface area contributed by atoms with Gasteiger partial charge in [0.25, 0.3) is 10.0 Å². The Morgan fingerprint density at radius 2 is 1.69 bits per heavy atom. The number of likely N-dealkylation sites (tertiary alicyclic amines) is 1. The minimum absolute atomic E-state index is 0.128. The van der Waals surface area contributed by atoms with Crippen molar-refractivity contribution < 1.29 is 26.4 Å². The number of sulfonamides is 1. The second kappa shape index (κ2) is 8.33. The second-order valence-corrected chi connectivity index (χ2v) is 8.89. The van der Waals surface area contributed by atoms with Crippen molar-refractivity contribution in [3.63, 3.8) is 0 Å². The van der Waals surface area contributed by atoms with E-state index in [-0.39, 0.29) is 29.6 Å². The third kappa shape index (κ3) is 5.09. The van der Waals surface area contributed by atoms with Crippen molar-refractivity contribution in [3.05, 3.63) is 65.2 Å². The van der Waals surface area contributed by atoms with Crippen LogP contribution in [-0.4, -0.2) is 38.5 Å². The van der Waals surface area contributed by atoms with Crippen LogP contribution >= 0.6 is 11.6 Å². The van der Waals surface area contributed by atoms with E-state index in [2.05, 4.69) is 0 Å². The lowest BCUT2D eigenvalue weighted by Crippen LogP contribution is -2.42. The van der Waals surface area contributed by atoms with Gasteiger partial charge >= 0.3 is 6.18 Å². The fourth-order valence-corrected chi connectivity index (χ4v) is 4.93. The van der Waals surface area contributed by atoms with Crippen LogP contribution in [0.4, 0.5) is 13.2 Å². The number of nitrogens with one attached hydrogen (secondary N) is 1. The molecule has 1 fully saturated rings. The topological polar surface area (TPSA) is 66.5 Å². The van der Waals surface area contributed by atoms with Gasteiger partial charge in [-0.15, -0.1) is 0 Å². The number of benzene rings is 2. The second-order valence-electron chi connectivity index (χ2n) is 6.83. The molecule has 2 aromatic rings. The van der Waals surface area contributed by atoms with Gasteiger partial charge in [0, 0.05) is 19.6 Å². The van der Waals surface area contributed by atoms with Crippen molar-refractivity contribution in [3.8, 4) is 0 Å². The summed E-state index contributed by atoms with van der Waals surface area (Å²) in [6.45, 7) is -0.361. The minimum atomic E-state index is -4.64. The molecule has 2 aromatic carbocycles. The summed E-state index contributed by atoms with van der Waals surface area (Å²) in [5, 5.41) is -0.128. The summed E-state index contributed by atoms with van der Waals surface area (Å²) in [6.07, 6.45) is -4.64. The molecule has 0 aromatic heterocycles. The van der Waals surface area contributed by atoms with Crippen LogP contribution in [0.25, 0.3) is 0 Å². The molecule has 1 saturated heterocycles. The Morgan fingerprint density at radius 1 is 1.07 bits per heavy atom. The first kappa shape index (κ1) is 21.6. The molecule has 1 N–H and O–H groups in total. The molecule has 156 valence electrons. The van der Waals surface area contributed by atoms with Gasteiger partial charge in [-0.3, -0.25) is 9.69 Å². The van der Waals surface area contributed by atoms with E-state index in [0.29, 0.717) is 0 Å². The molecule has 3 rings (SSSR count). The number of carbonyl (C=O) groups excluding carboxylic acids is 1. The number of carbonyl (C=O) groups is 1. The number of rotatable bonds is 5. The normalized spacial score (nSPS) is 20.6. The quantitative estimate of drug-likeness (QED) is 0.764. The lowest BCUT2D eigenvalue weighted by atomic mass is 9.95. The summed E-state index contributed by atoms with van der Waals surface area (Å²) in [4.78, 5) is 13.7. The Morgan fingerprint density at radius 3 is 2.31 bits per heavy atom. The number of amides is 1. The highest BCUT2D eigenvalue weighted by Crippen LogP contribution is 2.38. The lowest BCUT2D eigenvalue weighted by Gasteiger charge is -2.20. The van der Waals surface area contributed by atoms with Crippen LogP contribution < -0.4 is 4.72 Å². The van der Waals surface area contributed by atoms with Crippen LogP contribution in [0.3, 0.4) is 0 Å². The van der Waals surface area contributed by atoms with E-state index in [0.717, 1.165) is 5.56 Å². The lowest BCUT2D eigenvalue weighted by molar-refractivity contribution is -0.183.